The number of nitrogens with zero attached hydrogens (tertiary/aromatic N) is 4. The summed E-state index contributed by atoms with van der Waals surface area (Å²) in [6.07, 6.45) is -4.34. The predicted molar refractivity (Wildman–Crippen MR) is 203 cm³/mol. The van der Waals surface area contributed by atoms with Crippen LogP contribution in [0.15, 0.2) is 36.9 Å². The summed E-state index contributed by atoms with van der Waals surface area (Å²) in [7, 11) is -15.1. The van der Waals surface area contributed by atoms with Crippen molar-refractivity contribution in [3.8, 4) is 11.5 Å². The monoisotopic (exact) mass is 911 g/mol. The van der Waals surface area contributed by atoms with Crippen molar-refractivity contribution in [1.29, 1.82) is 0 Å². The summed E-state index contributed by atoms with van der Waals surface area (Å²) in [6, 6.07) is 4.50. The molecular weight excluding hydrogens is 867 g/mol. The smallest absolute Gasteiger partial charge is 0.481 e. The van der Waals surface area contributed by atoms with Crippen LogP contribution in [0.5, 0.6) is 11.5 Å². The Morgan fingerprint density at radius 2 is 1.72 bits per heavy atom. The molecule has 26 nitrogen and oxygen atoms in total. The summed E-state index contributed by atoms with van der Waals surface area (Å²) < 4.78 is 67.2. The number of nitrogens with two attached hydrogens (primary N) is 1. The number of aromatic nitrogens is 4. The van der Waals surface area contributed by atoms with Crippen LogP contribution in [0.2, 0.25) is 0 Å². The molecule has 0 spiro atoms. The fraction of sp³-hybridized carbons (Fsp3) is 0.484. The van der Waals surface area contributed by atoms with Gasteiger partial charge in [-0.15, -0.1) is 0 Å². The van der Waals surface area contributed by atoms with Crippen LogP contribution in [0.4, 0.5) is 5.82 Å². The van der Waals surface area contributed by atoms with Gasteiger partial charge in [-0.25, -0.2) is 28.6 Å². The second-order valence-corrected chi connectivity index (χ2v) is 17.8. The van der Waals surface area contributed by atoms with Crippen LogP contribution in [0.3, 0.4) is 0 Å². The lowest BCUT2D eigenvalue weighted by Crippen LogP contribution is -2.46. The molecule has 7 unspecified atom stereocenters. The maximum Gasteiger partial charge on any atom is 0.481 e. The lowest BCUT2D eigenvalue weighted by atomic mass is 9.87. The highest BCUT2D eigenvalue weighted by molar-refractivity contribution is 7.61. The maximum absolute atomic E-state index is 12.7. The summed E-state index contributed by atoms with van der Waals surface area (Å²) >= 11 is 0. The molecule has 60 heavy (non-hydrogen) atoms. The number of benzene rings is 1. The van der Waals surface area contributed by atoms with Gasteiger partial charge in [0, 0.05) is 31.3 Å². The van der Waals surface area contributed by atoms with Gasteiger partial charge in [0.05, 0.1) is 26.7 Å². The largest absolute Gasteiger partial charge is 0.504 e. The Bertz CT molecular complexity index is 2200. The normalized spacial score (nSPS) is 21.0. The number of nitrogen functional groups attached to an aromatic ring is 1. The SMILES string of the molecule is COc1cc(/C=C/C(=O)CCNC(=O)CCNC(=O)C(O)C(C)(C)COP(=O)(O)OP(=O)(O)OCC2OC(n3cnc4c(N)ncnc43)C(O)C2OP(=O)(O)O)ccc1O. The first-order chi connectivity index (χ1) is 27.9. The molecule has 3 aromatic rings. The number of nitrogens with one attached hydrogen (secondary N) is 2. The van der Waals surface area contributed by atoms with E-state index in [1.807, 2.05) is 0 Å². The molecule has 4 rings (SSSR count). The number of methoxy groups -OCH3 is 1. The third-order valence-corrected chi connectivity index (χ3v) is 11.5. The first kappa shape index (κ1) is 48.4. The van der Waals surface area contributed by atoms with Gasteiger partial charge in [-0.3, -0.25) is 32.5 Å². The molecule has 1 aliphatic heterocycles. The number of phenolic OH excluding ortho intramolecular Hbond substituents is 1. The van der Waals surface area contributed by atoms with Crippen LogP contribution in [-0.4, -0.2) is 130 Å². The van der Waals surface area contributed by atoms with Gasteiger partial charge in [0.1, 0.15) is 36.3 Å². The van der Waals surface area contributed by atoms with E-state index in [1.165, 1.54) is 45.2 Å². The second-order valence-electron chi connectivity index (χ2n) is 13.6. The topological polar surface area (TPSA) is 393 Å². The van der Waals surface area contributed by atoms with E-state index in [2.05, 4.69) is 34.4 Å². The van der Waals surface area contributed by atoms with Crippen LogP contribution in [-0.2, 0) is 50.7 Å². The van der Waals surface area contributed by atoms with E-state index in [4.69, 9.17) is 24.3 Å². The van der Waals surface area contributed by atoms with Crippen molar-refractivity contribution in [3.05, 3.63) is 42.5 Å². The van der Waals surface area contributed by atoms with Crippen molar-refractivity contribution in [2.75, 3.05) is 39.1 Å². The third kappa shape index (κ3) is 13.6. The highest BCUT2D eigenvalue weighted by Crippen LogP contribution is 2.61. The molecule has 2 aromatic heterocycles. The Hall–Kier alpha value is -4.23. The number of phosphoric ester groups is 3. The zero-order valence-corrected chi connectivity index (χ0v) is 34.6. The van der Waals surface area contributed by atoms with Crippen molar-refractivity contribution in [3.63, 3.8) is 0 Å². The molecule has 1 aliphatic rings. The number of allylic oxidation sites excluding steroid dienone is 1. The first-order valence-electron chi connectivity index (χ1n) is 17.4. The minimum absolute atomic E-state index is 0.0171. The lowest BCUT2D eigenvalue weighted by molar-refractivity contribution is -0.137. The number of phosphoric acid groups is 3. The Morgan fingerprint density at radius 1 is 1.03 bits per heavy atom. The molecule has 3 heterocycles. The van der Waals surface area contributed by atoms with Crippen LogP contribution in [0, 0.1) is 5.41 Å². The average molecular weight is 912 g/mol. The van der Waals surface area contributed by atoms with Crippen molar-refractivity contribution in [2.24, 2.45) is 5.41 Å². The van der Waals surface area contributed by atoms with Gasteiger partial charge < -0.3 is 60.7 Å². The minimum atomic E-state index is -5.59. The number of phenols is 1. The number of fused-ring (bicyclic) bond motifs is 1. The average Bonchev–Trinajstić information content (AvgIpc) is 3.72. The number of aliphatic hydroxyl groups is 2. The van der Waals surface area contributed by atoms with Gasteiger partial charge in [0.15, 0.2) is 35.0 Å². The van der Waals surface area contributed by atoms with Gasteiger partial charge in [-0.1, -0.05) is 26.0 Å². The standard InChI is InChI=1S/C31H44N7O19P3/c1-31(2,26(43)29(44)34-11-9-22(41)33-10-8-18(39)6-4-17-5-7-19(40)20(12-17)52-3)14-54-60(50,51)57-59(48,49)53-13-21-25(56-58(45,46)47)24(42)30(55-21)38-16-37-23-27(32)35-15-36-28(23)38/h4-7,12,15-16,21,24-26,30,40,42-43H,8-11,13-14H2,1-3H3,(H,33,41)(H,34,44)(H,48,49)(H,50,51)(H2,32,35,36)(H2,45,46,47)/b6-4+. The number of carbonyl (C=O) groups excluding carboxylic acids is 3. The summed E-state index contributed by atoms with van der Waals surface area (Å²) in [5, 5.41) is 36.0. The van der Waals surface area contributed by atoms with Crippen LogP contribution >= 0.6 is 23.5 Å². The van der Waals surface area contributed by atoms with Crippen LogP contribution in [0.1, 0.15) is 38.5 Å². The minimum Gasteiger partial charge on any atom is -0.504 e. The summed E-state index contributed by atoms with van der Waals surface area (Å²) in [4.78, 5) is 88.0. The van der Waals surface area contributed by atoms with E-state index >= 15 is 0 Å². The van der Waals surface area contributed by atoms with Crippen molar-refractivity contribution in [2.45, 2.75) is 57.3 Å². The Morgan fingerprint density at radius 3 is 2.40 bits per heavy atom. The second kappa shape index (κ2) is 20.1. The maximum atomic E-state index is 12.7. The van der Waals surface area contributed by atoms with E-state index in [-0.39, 0.29) is 60.2 Å². The molecule has 332 valence electrons. The predicted octanol–water partition coefficient (Wildman–Crippen LogP) is -0.208. The zero-order chi connectivity index (χ0) is 44.6. The molecular formula is C31H44N7O19P3. The number of amides is 2. The summed E-state index contributed by atoms with van der Waals surface area (Å²) in [5.41, 5.74) is 4.81. The fourth-order valence-electron chi connectivity index (χ4n) is 5.34. The van der Waals surface area contributed by atoms with Crippen molar-refractivity contribution in [1.82, 2.24) is 30.2 Å². The Balaban J connectivity index is 1.22. The molecule has 0 radical (unpaired) electrons. The highest BCUT2D eigenvalue weighted by Gasteiger charge is 2.50. The highest BCUT2D eigenvalue weighted by atomic mass is 31.3. The van der Waals surface area contributed by atoms with E-state index in [0.29, 0.717) is 5.56 Å². The van der Waals surface area contributed by atoms with Crippen molar-refractivity contribution < 1.29 is 90.3 Å². The zero-order valence-electron chi connectivity index (χ0n) is 31.9. The van der Waals surface area contributed by atoms with E-state index < -0.39 is 84.6 Å². The molecule has 1 aromatic carbocycles. The fourth-order valence-corrected chi connectivity index (χ4v) is 8.16. The molecule has 29 heteroatoms. The molecule has 0 aliphatic carbocycles. The number of rotatable bonds is 22. The Labute approximate surface area is 340 Å². The van der Waals surface area contributed by atoms with E-state index in [0.717, 1.165) is 17.2 Å². The molecule has 0 saturated carbocycles. The molecule has 2 amide bonds. The van der Waals surface area contributed by atoms with Crippen LogP contribution < -0.4 is 21.1 Å². The molecule has 11 N–H and O–H groups in total. The molecule has 0 bridgehead atoms. The number of aromatic hydroxyl groups is 1. The van der Waals surface area contributed by atoms with Gasteiger partial charge >= 0.3 is 23.5 Å². The third-order valence-electron chi connectivity index (χ3n) is 8.44. The summed E-state index contributed by atoms with van der Waals surface area (Å²) in [5.74, 6) is -1.74. The first-order valence-corrected chi connectivity index (χ1v) is 21.9. The molecule has 1 saturated heterocycles. The van der Waals surface area contributed by atoms with E-state index in [1.54, 1.807) is 6.07 Å². The van der Waals surface area contributed by atoms with Gasteiger partial charge in [0.25, 0.3) is 0 Å². The number of imidazole rings is 1. The van der Waals surface area contributed by atoms with Crippen LogP contribution in [0.25, 0.3) is 17.2 Å². The number of anilines is 1. The number of hydrogen-bond acceptors (Lipinski definition) is 19. The molecule has 7 atom stereocenters. The lowest BCUT2D eigenvalue weighted by Gasteiger charge is -2.30. The number of aliphatic hydroxyl groups excluding tert-OH is 2. The van der Waals surface area contributed by atoms with Crippen molar-refractivity contribution >= 4 is 64.1 Å². The number of hydrogen-bond donors (Lipinski definition) is 10. The Kier molecular flexibility index (Phi) is 16.2. The number of ketones is 1. The van der Waals surface area contributed by atoms with Gasteiger partial charge in [-0.05, 0) is 23.8 Å². The molecule has 1 fully saturated rings. The van der Waals surface area contributed by atoms with Gasteiger partial charge in [0.2, 0.25) is 11.8 Å². The van der Waals surface area contributed by atoms with Gasteiger partial charge in [-0.2, -0.15) is 4.31 Å². The summed E-state index contributed by atoms with van der Waals surface area (Å²) in [6.45, 7) is 0.123. The number of carbonyl (C=O) groups is 3. The quantitative estimate of drug-likeness (QED) is 0.0460. The van der Waals surface area contributed by atoms with E-state index in [9.17, 15) is 63.0 Å². The number of ether oxygens (including phenoxy) is 2.